The van der Waals surface area contributed by atoms with E-state index < -0.39 is 5.60 Å². The monoisotopic (exact) mass is 357 g/mol. The summed E-state index contributed by atoms with van der Waals surface area (Å²) in [6.07, 6.45) is 2.58. The van der Waals surface area contributed by atoms with Crippen LogP contribution in [0.2, 0.25) is 0 Å². The summed E-state index contributed by atoms with van der Waals surface area (Å²) >= 11 is 0. The number of hydrogen-bond donors (Lipinski definition) is 1. The molecule has 1 N–H and O–H groups in total. The first-order chi connectivity index (χ1) is 12.4. The lowest BCUT2D eigenvalue weighted by Crippen LogP contribution is -2.42. The van der Waals surface area contributed by atoms with Crippen LogP contribution >= 0.6 is 0 Å². The van der Waals surface area contributed by atoms with Gasteiger partial charge in [0.15, 0.2) is 0 Å². The second-order valence-corrected chi connectivity index (χ2v) is 6.88. The predicted molar refractivity (Wildman–Crippen MR) is 108 cm³/mol. The minimum atomic E-state index is -0.830. The van der Waals surface area contributed by atoms with Crippen molar-refractivity contribution in [3.8, 4) is 5.75 Å². The Hall–Kier alpha value is -2.07. The molecule has 0 aliphatic rings. The van der Waals surface area contributed by atoms with Gasteiger partial charge in [-0.05, 0) is 45.2 Å². The fourth-order valence-corrected chi connectivity index (χ4v) is 2.69. The average Bonchev–Trinajstić information content (AvgIpc) is 2.67. The molecular weight excluding hydrogens is 326 g/mol. The normalized spacial score (nSPS) is 14.7. The van der Waals surface area contributed by atoms with Gasteiger partial charge in [0.25, 0.3) is 5.91 Å². The van der Waals surface area contributed by atoms with Crippen molar-refractivity contribution in [2.45, 2.75) is 65.6 Å². The van der Waals surface area contributed by atoms with E-state index in [1.807, 2.05) is 57.2 Å². The number of benzene rings is 2. The van der Waals surface area contributed by atoms with Crippen molar-refractivity contribution < 1.29 is 14.3 Å². The molecule has 0 saturated carbocycles. The number of hydrogen-bond acceptors (Lipinski definition) is 3. The van der Waals surface area contributed by atoms with Crippen molar-refractivity contribution in [3.63, 3.8) is 0 Å². The molecule has 2 aromatic carbocycles. The Balaban J connectivity index is 2.33. The Kier molecular flexibility index (Phi) is 7.04. The number of carbonyl (C=O) groups is 1. The number of rotatable bonds is 9. The van der Waals surface area contributed by atoms with E-state index in [0.29, 0.717) is 13.0 Å². The maximum absolute atomic E-state index is 12.9. The summed E-state index contributed by atoms with van der Waals surface area (Å²) in [5.41, 5.74) is -0.0508. The van der Waals surface area contributed by atoms with Crippen LogP contribution in [0.15, 0.2) is 36.4 Å². The van der Waals surface area contributed by atoms with E-state index in [2.05, 4.69) is 19.2 Å². The molecule has 4 nitrogen and oxygen atoms in total. The number of nitrogens with one attached hydrogen (secondary N) is 1. The van der Waals surface area contributed by atoms with Crippen LogP contribution in [0.4, 0.5) is 5.69 Å². The summed E-state index contributed by atoms with van der Waals surface area (Å²) in [7, 11) is 0. The van der Waals surface area contributed by atoms with Crippen LogP contribution in [0.1, 0.15) is 53.9 Å². The highest BCUT2D eigenvalue weighted by Gasteiger charge is 2.32. The fraction of sp³-hybridized carbons (Fsp3) is 0.500. The van der Waals surface area contributed by atoms with E-state index in [-0.39, 0.29) is 12.0 Å². The molecule has 4 heteroatoms. The van der Waals surface area contributed by atoms with Gasteiger partial charge in [-0.25, -0.2) is 0 Å². The average molecular weight is 357 g/mol. The first kappa shape index (κ1) is 20.2. The molecule has 142 valence electrons. The van der Waals surface area contributed by atoms with Gasteiger partial charge >= 0.3 is 0 Å². The summed E-state index contributed by atoms with van der Waals surface area (Å²) in [6, 6.07) is 11.8. The van der Waals surface area contributed by atoms with Gasteiger partial charge in [0.2, 0.25) is 0 Å². The van der Waals surface area contributed by atoms with Gasteiger partial charge in [0, 0.05) is 23.1 Å². The Bertz CT molecular complexity index is 743. The number of ether oxygens (including phenoxy) is 2. The molecule has 26 heavy (non-hydrogen) atoms. The second-order valence-electron chi connectivity index (χ2n) is 6.88. The van der Waals surface area contributed by atoms with E-state index in [0.717, 1.165) is 35.1 Å². The molecule has 0 unspecified atom stereocenters. The highest BCUT2D eigenvalue weighted by molar-refractivity contribution is 6.06. The molecular formula is C22H31NO3. The van der Waals surface area contributed by atoms with Crippen LogP contribution < -0.4 is 10.1 Å². The number of carbonyl (C=O) groups excluding carboxylic acids is 1. The Labute approximate surface area is 156 Å². The van der Waals surface area contributed by atoms with Crippen LogP contribution in [0.3, 0.4) is 0 Å². The standard InChI is InChI=1S/C22H31NO3/c1-6-15-25-22(5,8-3)21(24)23-19-13-14-20(26-16(4)7-2)18-12-10-9-11-17(18)19/h9-14,16H,6-8,15H2,1-5H3,(H,23,24)/t16-,22-/m0/s1. The number of anilines is 1. The molecule has 0 heterocycles. The molecule has 0 spiro atoms. The summed E-state index contributed by atoms with van der Waals surface area (Å²) in [4.78, 5) is 12.9. The zero-order chi connectivity index (χ0) is 19.2. The molecule has 0 aliphatic carbocycles. The van der Waals surface area contributed by atoms with E-state index in [4.69, 9.17) is 9.47 Å². The van der Waals surface area contributed by atoms with E-state index >= 15 is 0 Å². The second kappa shape index (κ2) is 9.04. The van der Waals surface area contributed by atoms with Crippen molar-refractivity contribution >= 4 is 22.4 Å². The zero-order valence-electron chi connectivity index (χ0n) is 16.6. The van der Waals surface area contributed by atoms with Crippen LogP contribution in [-0.4, -0.2) is 24.2 Å². The number of amides is 1. The minimum absolute atomic E-state index is 0.116. The van der Waals surface area contributed by atoms with Crippen LogP contribution in [-0.2, 0) is 9.53 Å². The topological polar surface area (TPSA) is 47.6 Å². The van der Waals surface area contributed by atoms with E-state index in [1.54, 1.807) is 0 Å². The van der Waals surface area contributed by atoms with Crippen molar-refractivity contribution in [3.05, 3.63) is 36.4 Å². The fourth-order valence-electron chi connectivity index (χ4n) is 2.69. The minimum Gasteiger partial charge on any atom is -0.490 e. The first-order valence-electron chi connectivity index (χ1n) is 9.59. The molecule has 2 atom stereocenters. The highest BCUT2D eigenvalue weighted by atomic mass is 16.5. The Morgan fingerprint density at radius 3 is 2.42 bits per heavy atom. The number of fused-ring (bicyclic) bond motifs is 1. The van der Waals surface area contributed by atoms with Gasteiger partial charge < -0.3 is 14.8 Å². The molecule has 0 saturated heterocycles. The SMILES string of the molecule is CCCO[C@@](C)(CC)C(=O)Nc1ccc(O[C@@H](C)CC)c2ccccc12. The van der Waals surface area contributed by atoms with Gasteiger partial charge in [0.1, 0.15) is 11.4 Å². The summed E-state index contributed by atoms with van der Waals surface area (Å²) in [6.45, 7) is 10.6. The lowest BCUT2D eigenvalue weighted by Gasteiger charge is -2.27. The van der Waals surface area contributed by atoms with Gasteiger partial charge in [-0.2, -0.15) is 0 Å². The first-order valence-corrected chi connectivity index (χ1v) is 9.59. The maximum atomic E-state index is 12.9. The summed E-state index contributed by atoms with van der Waals surface area (Å²) in [5, 5.41) is 5.03. The Morgan fingerprint density at radius 2 is 1.81 bits per heavy atom. The van der Waals surface area contributed by atoms with Crippen molar-refractivity contribution in [2.75, 3.05) is 11.9 Å². The highest BCUT2D eigenvalue weighted by Crippen LogP contribution is 2.33. The van der Waals surface area contributed by atoms with Crippen molar-refractivity contribution in [1.82, 2.24) is 0 Å². The van der Waals surface area contributed by atoms with Crippen LogP contribution in [0.5, 0.6) is 5.75 Å². The molecule has 2 rings (SSSR count). The van der Waals surface area contributed by atoms with Crippen LogP contribution in [0.25, 0.3) is 10.8 Å². The molecule has 2 aromatic rings. The largest absolute Gasteiger partial charge is 0.490 e. The quantitative estimate of drug-likeness (QED) is 0.640. The summed E-state index contributed by atoms with van der Waals surface area (Å²) < 4.78 is 11.9. The molecule has 0 aromatic heterocycles. The summed E-state index contributed by atoms with van der Waals surface area (Å²) in [5.74, 6) is 0.725. The van der Waals surface area contributed by atoms with Gasteiger partial charge in [-0.15, -0.1) is 0 Å². The molecule has 0 radical (unpaired) electrons. The van der Waals surface area contributed by atoms with Gasteiger partial charge in [-0.3, -0.25) is 4.79 Å². The lowest BCUT2D eigenvalue weighted by molar-refractivity contribution is -0.139. The van der Waals surface area contributed by atoms with Gasteiger partial charge in [-0.1, -0.05) is 45.0 Å². The third kappa shape index (κ3) is 4.55. The van der Waals surface area contributed by atoms with Crippen molar-refractivity contribution in [2.24, 2.45) is 0 Å². The van der Waals surface area contributed by atoms with Gasteiger partial charge in [0.05, 0.1) is 6.10 Å². The smallest absolute Gasteiger partial charge is 0.256 e. The molecule has 0 bridgehead atoms. The lowest BCUT2D eigenvalue weighted by atomic mass is 10.0. The molecule has 0 aliphatic heterocycles. The third-order valence-electron chi connectivity index (χ3n) is 4.82. The van der Waals surface area contributed by atoms with Crippen molar-refractivity contribution in [1.29, 1.82) is 0 Å². The molecule has 1 amide bonds. The molecule has 0 fully saturated rings. The van der Waals surface area contributed by atoms with E-state index in [9.17, 15) is 4.79 Å². The van der Waals surface area contributed by atoms with Crippen LogP contribution in [0, 0.1) is 0 Å². The third-order valence-corrected chi connectivity index (χ3v) is 4.82. The Morgan fingerprint density at radius 1 is 1.12 bits per heavy atom. The van der Waals surface area contributed by atoms with E-state index in [1.165, 1.54) is 0 Å². The maximum Gasteiger partial charge on any atom is 0.256 e. The zero-order valence-corrected chi connectivity index (χ0v) is 16.6. The predicted octanol–water partition coefficient (Wildman–Crippen LogP) is 5.55.